The van der Waals surface area contributed by atoms with Crippen molar-refractivity contribution < 1.29 is 23.1 Å². The molecule has 0 spiro atoms. The number of carboxylic acid groups (broad SMARTS) is 1. The van der Waals surface area contributed by atoms with E-state index in [-0.39, 0.29) is 18.8 Å². The highest BCUT2D eigenvalue weighted by Crippen LogP contribution is 2.14. The number of anilines is 1. The topological polar surface area (TPSA) is 107 Å². The maximum Gasteiger partial charge on any atom is 0.318 e. The summed E-state index contributed by atoms with van der Waals surface area (Å²) in [5, 5.41) is 8.39. The van der Waals surface area contributed by atoms with Gasteiger partial charge in [0.1, 0.15) is 11.5 Å². The summed E-state index contributed by atoms with van der Waals surface area (Å²) in [6.45, 7) is 0.197. The van der Waals surface area contributed by atoms with Crippen molar-refractivity contribution in [3.8, 4) is 5.75 Å². The summed E-state index contributed by atoms with van der Waals surface area (Å²) in [6, 6.07) is 6.78. The summed E-state index contributed by atoms with van der Waals surface area (Å²) >= 11 is 0. The van der Waals surface area contributed by atoms with Crippen molar-refractivity contribution in [3.63, 3.8) is 0 Å². The first kappa shape index (κ1) is 14.3. The molecule has 0 heterocycles. The van der Waals surface area contributed by atoms with Gasteiger partial charge in [-0.05, 0) is 18.6 Å². The smallest absolute Gasteiger partial charge is 0.318 e. The second-order valence-corrected chi connectivity index (χ2v) is 5.94. The van der Waals surface area contributed by atoms with E-state index in [1.807, 2.05) is 0 Å². The first-order chi connectivity index (χ1) is 8.39. The van der Waals surface area contributed by atoms with Gasteiger partial charge in [-0.15, -0.1) is 0 Å². The summed E-state index contributed by atoms with van der Waals surface area (Å²) in [5.41, 5.74) is 6.11. The van der Waals surface area contributed by atoms with E-state index in [0.29, 0.717) is 11.4 Å². The molecule has 1 aromatic rings. The van der Waals surface area contributed by atoms with Gasteiger partial charge in [0, 0.05) is 11.8 Å². The highest BCUT2D eigenvalue weighted by atomic mass is 32.2. The predicted molar refractivity (Wildman–Crippen MR) is 67.3 cm³/mol. The zero-order chi connectivity index (χ0) is 13.6. The minimum absolute atomic E-state index is 0.197. The molecule has 7 heteroatoms. The number of nitrogen functional groups attached to an aromatic ring is 1. The standard InChI is InChI=1S/C11H15NO5S/c12-9-3-1-4-10(7-9)17-5-2-6-18(15,16)8-11(13)14/h1,3-4,7H,2,5-6,8,12H2,(H,13,14). The Morgan fingerprint density at radius 2 is 2.11 bits per heavy atom. The first-order valence-electron chi connectivity index (χ1n) is 5.29. The number of ether oxygens (including phenoxy) is 1. The fourth-order valence-corrected chi connectivity index (χ4v) is 2.41. The average Bonchev–Trinajstić information content (AvgIpc) is 2.23. The van der Waals surface area contributed by atoms with Crippen LogP contribution in [0.5, 0.6) is 5.75 Å². The second-order valence-electron chi connectivity index (χ2n) is 3.76. The quantitative estimate of drug-likeness (QED) is 0.554. The monoisotopic (exact) mass is 273 g/mol. The Labute approximate surface area is 105 Å². The zero-order valence-corrected chi connectivity index (χ0v) is 10.5. The highest BCUT2D eigenvalue weighted by Gasteiger charge is 2.15. The lowest BCUT2D eigenvalue weighted by molar-refractivity contribution is -0.134. The molecule has 0 aromatic heterocycles. The average molecular weight is 273 g/mol. The van der Waals surface area contributed by atoms with Crippen LogP contribution in [0, 0.1) is 0 Å². The van der Waals surface area contributed by atoms with Crippen molar-refractivity contribution in [2.75, 3.05) is 23.8 Å². The van der Waals surface area contributed by atoms with Gasteiger partial charge in [-0.2, -0.15) is 0 Å². The van der Waals surface area contributed by atoms with Crippen LogP contribution in [0.15, 0.2) is 24.3 Å². The Morgan fingerprint density at radius 1 is 1.39 bits per heavy atom. The number of carbonyl (C=O) groups is 1. The Morgan fingerprint density at radius 3 is 2.72 bits per heavy atom. The molecular weight excluding hydrogens is 258 g/mol. The Hall–Kier alpha value is -1.76. The van der Waals surface area contributed by atoms with Gasteiger partial charge >= 0.3 is 5.97 Å². The molecular formula is C11H15NO5S. The van der Waals surface area contributed by atoms with E-state index in [1.54, 1.807) is 24.3 Å². The summed E-state index contributed by atoms with van der Waals surface area (Å²) in [4.78, 5) is 10.3. The van der Waals surface area contributed by atoms with E-state index in [0.717, 1.165) is 0 Å². The molecule has 0 fully saturated rings. The molecule has 0 unspecified atom stereocenters. The van der Waals surface area contributed by atoms with Crippen molar-refractivity contribution in [1.82, 2.24) is 0 Å². The molecule has 3 N–H and O–H groups in total. The van der Waals surface area contributed by atoms with E-state index in [2.05, 4.69) is 0 Å². The normalized spacial score (nSPS) is 11.1. The molecule has 100 valence electrons. The van der Waals surface area contributed by atoms with Gasteiger partial charge in [-0.1, -0.05) is 6.07 Å². The van der Waals surface area contributed by atoms with Crippen LogP contribution in [0.1, 0.15) is 6.42 Å². The first-order valence-corrected chi connectivity index (χ1v) is 7.12. The second kappa shape index (κ2) is 6.25. The van der Waals surface area contributed by atoms with Crippen LogP contribution in [0.25, 0.3) is 0 Å². The SMILES string of the molecule is Nc1cccc(OCCCS(=O)(=O)CC(=O)O)c1. The molecule has 0 radical (unpaired) electrons. The van der Waals surface area contributed by atoms with Crippen molar-refractivity contribution >= 4 is 21.5 Å². The lowest BCUT2D eigenvalue weighted by atomic mass is 10.3. The minimum Gasteiger partial charge on any atom is -0.493 e. The van der Waals surface area contributed by atoms with Crippen LogP contribution in [0.3, 0.4) is 0 Å². The Kier molecular flexibility index (Phi) is 4.96. The third-order valence-electron chi connectivity index (χ3n) is 2.07. The largest absolute Gasteiger partial charge is 0.493 e. The van der Waals surface area contributed by atoms with Crippen LogP contribution in [-0.2, 0) is 14.6 Å². The fraction of sp³-hybridized carbons (Fsp3) is 0.364. The number of hydrogen-bond donors (Lipinski definition) is 2. The number of nitrogens with two attached hydrogens (primary N) is 1. The summed E-state index contributed by atoms with van der Waals surface area (Å²) in [7, 11) is -3.55. The molecule has 0 saturated heterocycles. The summed E-state index contributed by atoms with van der Waals surface area (Å²) < 4.78 is 27.8. The van der Waals surface area contributed by atoms with Crippen molar-refractivity contribution in [2.45, 2.75) is 6.42 Å². The number of benzene rings is 1. The predicted octanol–water partition coefficient (Wildman–Crippen LogP) is 0.537. The molecule has 18 heavy (non-hydrogen) atoms. The third kappa shape index (κ3) is 5.53. The van der Waals surface area contributed by atoms with Crippen molar-refractivity contribution in [1.29, 1.82) is 0 Å². The number of carboxylic acids is 1. The van der Waals surface area contributed by atoms with Gasteiger partial charge in [-0.25, -0.2) is 8.42 Å². The van der Waals surface area contributed by atoms with Gasteiger partial charge in [0.15, 0.2) is 9.84 Å². The number of rotatable bonds is 7. The third-order valence-corrected chi connectivity index (χ3v) is 3.67. The summed E-state index contributed by atoms with van der Waals surface area (Å²) in [5.74, 6) is -1.83. The maximum atomic E-state index is 11.3. The van der Waals surface area contributed by atoms with E-state index in [1.165, 1.54) is 0 Å². The minimum atomic E-state index is -3.55. The zero-order valence-electron chi connectivity index (χ0n) is 9.70. The van der Waals surface area contributed by atoms with Crippen LogP contribution >= 0.6 is 0 Å². The van der Waals surface area contributed by atoms with Gasteiger partial charge in [0.05, 0.1) is 12.4 Å². The molecule has 0 aliphatic rings. The highest BCUT2D eigenvalue weighted by molar-refractivity contribution is 7.92. The lowest BCUT2D eigenvalue weighted by Gasteiger charge is -2.06. The van der Waals surface area contributed by atoms with Crippen molar-refractivity contribution in [2.24, 2.45) is 0 Å². The molecule has 0 amide bonds. The lowest BCUT2D eigenvalue weighted by Crippen LogP contribution is -2.19. The van der Waals surface area contributed by atoms with E-state index in [4.69, 9.17) is 15.6 Å². The van der Waals surface area contributed by atoms with Crippen LogP contribution in [0.4, 0.5) is 5.69 Å². The fourth-order valence-electron chi connectivity index (χ4n) is 1.33. The Bertz CT molecular complexity index is 512. The van der Waals surface area contributed by atoms with Gasteiger partial charge in [0.25, 0.3) is 0 Å². The molecule has 1 rings (SSSR count). The molecule has 0 atom stereocenters. The van der Waals surface area contributed by atoms with Gasteiger partial charge in [-0.3, -0.25) is 4.79 Å². The summed E-state index contributed by atoms with van der Waals surface area (Å²) in [6.07, 6.45) is 0.240. The molecule has 0 aliphatic heterocycles. The van der Waals surface area contributed by atoms with Crippen LogP contribution in [-0.4, -0.2) is 37.6 Å². The molecule has 6 nitrogen and oxygen atoms in total. The van der Waals surface area contributed by atoms with Gasteiger partial charge in [0.2, 0.25) is 0 Å². The maximum absolute atomic E-state index is 11.3. The van der Waals surface area contributed by atoms with E-state index >= 15 is 0 Å². The molecule has 0 bridgehead atoms. The van der Waals surface area contributed by atoms with E-state index < -0.39 is 21.6 Å². The molecule has 0 aliphatic carbocycles. The number of aliphatic carboxylic acids is 1. The molecule has 0 saturated carbocycles. The van der Waals surface area contributed by atoms with Crippen LogP contribution < -0.4 is 10.5 Å². The number of hydrogen-bond acceptors (Lipinski definition) is 5. The van der Waals surface area contributed by atoms with Crippen LogP contribution in [0.2, 0.25) is 0 Å². The van der Waals surface area contributed by atoms with E-state index in [9.17, 15) is 13.2 Å². The Balaban J connectivity index is 2.33. The number of sulfone groups is 1. The molecule has 1 aromatic carbocycles. The van der Waals surface area contributed by atoms with Gasteiger partial charge < -0.3 is 15.6 Å². The van der Waals surface area contributed by atoms with Crippen molar-refractivity contribution in [3.05, 3.63) is 24.3 Å².